The van der Waals surface area contributed by atoms with Gasteiger partial charge in [0.1, 0.15) is 0 Å². The maximum atomic E-state index is 11.8. The highest BCUT2D eigenvalue weighted by atomic mass is 35.5. The maximum Gasteiger partial charge on any atom is 0.414 e. The lowest BCUT2D eigenvalue weighted by molar-refractivity contribution is 0.113. The molecule has 1 aliphatic heterocycles. The number of carbonyl (C=O) groups is 1. The van der Waals surface area contributed by atoms with Gasteiger partial charge in [-0.2, -0.15) is 0 Å². The van der Waals surface area contributed by atoms with E-state index in [0.29, 0.717) is 24.7 Å². The highest BCUT2D eigenvalue weighted by Crippen LogP contribution is 2.29. The highest BCUT2D eigenvalue weighted by Gasteiger charge is 2.28. The monoisotopic (exact) mass is 268 g/mol. The molecular formula is C13H17ClN2O2. The van der Waals surface area contributed by atoms with Gasteiger partial charge >= 0.3 is 6.09 Å². The van der Waals surface area contributed by atoms with Crippen molar-refractivity contribution in [2.24, 2.45) is 11.7 Å². The van der Waals surface area contributed by atoms with Gasteiger partial charge in [0.05, 0.1) is 12.3 Å². The average molecular weight is 269 g/mol. The Balaban J connectivity index is 2.24. The Morgan fingerprint density at radius 2 is 2.33 bits per heavy atom. The average Bonchev–Trinajstić information content (AvgIpc) is 2.36. The van der Waals surface area contributed by atoms with Gasteiger partial charge < -0.3 is 10.5 Å². The number of hydrogen-bond acceptors (Lipinski definition) is 3. The molecule has 98 valence electrons. The smallest absolute Gasteiger partial charge is 0.414 e. The fraction of sp³-hybridized carbons (Fsp3) is 0.462. The number of ether oxygens (including phenoxy) is 1. The molecule has 1 atom stereocenters. The molecule has 0 radical (unpaired) electrons. The first-order valence-electron chi connectivity index (χ1n) is 6.03. The summed E-state index contributed by atoms with van der Waals surface area (Å²) in [7, 11) is 0. The van der Waals surface area contributed by atoms with Gasteiger partial charge in [-0.15, -0.1) is 0 Å². The van der Waals surface area contributed by atoms with Crippen LogP contribution in [0.4, 0.5) is 10.5 Å². The minimum atomic E-state index is -0.311. The Bertz CT molecular complexity index is 451. The van der Waals surface area contributed by atoms with Gasteiger partial charge in [0.2, 0.25) is 0 Å². The van der Waals surface area contributed by atoms with Crippen LogP contribution < -0.4 is 10.6 Å². The number of halogens is 1. The van der Waals surface area contributed by atoms with Crippen LogP contribution in [-0.2, 0) is 4.74 Å². The third-order valence-electron chi connectivity index (χ3n) is 3.21. The summed E-state index contributed by atoms with van der Waals surface area (Å²) in [5, 5.41) is 0.654. The molecule has 18 heavy (non-hydrogen) atoms. The lowest BCUT2D eigenvalue weighted by Crippen LogP contribution is -2.44. The predicted octanol–water partition coefficient (Wildman–Crippen LogP) is 2.57. The van der Waals surface area contributed by atoms with E-state index in [0.717, 1.165) is 17.7 Å². The number of amides is 1. The lowest BCUT2D eigenvalue weighted by atomic mass is 10.0. The van der Waals surface area contributed by atoms with Gasteiger partial charge in [0.25, 0.3) is 0 Å². The molecule has 1 fully saturated rings. The van der Waals surface area contributed by atoms with Gasteiger partial charge in [-0.05, 0) is 37.6 Å². The summed E-state index contributed by atoms with van der Waals surface area (Å²) < 4.78 is 5.19. The maximum absolute atomic E-state index is 11.8. The normalized spacial score (nSPS) is 19.8. The first-order valence-corrected chi connectivity index (χ1v) is 6.40. The molecule has 1 aliphatic rings. The predicted molar refractivity (Wildman–Crippen MR) is 72.0 cm³/mol. The van der Waals surface area contributed by atoms with Crippen molar-refractivity contribution in [3.05, 3.63) is 28.8 Å². The number of rotatable bonds is 3. The van der Waals surface area contributed by atoms with E-state index < -0.39 is 0 Å². The van der Waals surface area contributed by atoms with E-state index in [-0.39, 0.29) is 12.0 Å². The highest BCUT2D eigenvalue weighted by molar-refractivity contribution is 6.31. The van der Waals surface area contributed by atoms with Crippen molar-refractivity contribution in [2.45, 2.75) is 13.3 Å². The lowest BCUT2D eigenvalue weighted by Gasteiger charge is -2.33. The largest absolute Gasteiger partial charge is 0.449 e. The molecule has 1 unspecified atom stereocenters. The van der Waals surface area contributed by atoms with Crippen molar-refractivity contribution < 1.29 is 9.53 Å². The summed E-state index contributed by atoms with van der Waals surface area (Å²) in [6.45, 7) is 3.59. The number of carbonyl (C=O) groups excluding carboxylic acids is 1. The van der Waals surface area contributed by atoms with Crippen molar-refractivity contribution in [1.82, 2.24) is 0 Å². The topological polar surface area (TPSA) is 55.6 Å². The minimum absolute atomic E-state index is 0.283. The van der Waals surface area contributed by atoms with E-state index in [1.54, 1.807) is 4.90 Å². The molecule has 1 aromatic carbocycles. The van der Waals surface area contributed by atoms with Crippen LogP contribution in [0.2, 0.25) is 5.02 Å². The fourth-order valence-corrected chi connectivity index (χ4v) is 2.32. The molecule has 0 bridgehead atoms. The van der Waals surface area contributed by atoms with Crippen molar-refractivity contribution in [2.75, 3.05) is 24.6 Å². The summed E-state index contributed by atoms with van der Waals surface area (Å²) in [4.78, 5) is 13.5. The second-order valence-corrected chi connectivity index (χ2v) is 4.92. The third kappa shape index (κ3) is 2.60. The molecule has 0 aliphatic carbocycles. The number of nitrogens with two attached hydrogens (primary N) is 1. The summed E-state index contributed by atoms with van der Waals surface area (Å²) in [5.74, 6) is 0.283. The van der Waals surface area contributed by atoms with E-state index in [1.165, 1.54) is 0 Å². The van der Waals surface area contributed by atoms with Crippen LogP contribution in [0.15, 0.2) is 18.2 Å². The molecule has 0 saturated carbocycles. The van der Waals surface area contributed by atoms with Crippen molar-refractivity contribution in [1.29, 1.82) is 0 Å². The second kappa shape index (κ2) is 5.59. The SMILES string of the molecule is Cc1c(Cl)cccc1N1CC(CCN)COC1=O. The summed E-state index contributed by atoms with van der Waals surface area (Å²) in [5.41, 5.74) is 7.26. The zero-order valence-corrected chi connectivity index (χ0v) is 11.1. The second-order valence-electron chi connectivity index (χ2n) is 4.51. The van der Waals surface area contributed by atoms with E-state index in [4.69, 9.17) is 22.1 Å². The van der Waals surface area contributed by atoms with Gasteiger partial charge in [-0.3, -0.25) is 4.90 Å². The number of benzene rings is 1. The summed E-state index contributed by atoms with van der Waals surface area (Å²) in [6, 6.07) is 5.53. The zero-order valence-electron chi connectivity index (χ0n) is 10.4. The molecule has 2 rings (SSSR count). The van der Waals surface area contributed by atoms with Crippen LogP contribution in [0.25, 0.3) is 0 Å². The van der Waals surface area contributed by atoms with Crippen LogP contribution in [0.3, 0.4) is 0 Å². The van der Waals surface area contributed by atoms with Gasteiger partial charge in [0, 0.05) is 17.5 Å². The third-order valence-corrected chi connectivity index (χ3v) is 3.62. The van der Waals surface area contributed by atoms with Crippen LogP contribution >= 0.6 is 11.6 Å². The Kier molecular flexibility index (Phi) is 4.09. The van der Waals surface area contributed by atoms with Gasteiger partial charge in [-0.25, -0.2) is 4.79 Å². The molecule has 4 nitrogen and oxygen atoms in total. The Morgan fingerprint density at radius 1 is 1.56 bits per heavy atom. The molecule has 0 aromatic heterocycles. The fourth-order valence-electron chi connectivity index (χ4n) is 2.15. The molecule has 1 saturated heterocycles. The molecule has 1 heterocycles. The van der Waals surface area contributed by atoms with Crippen LogP contribution in [-0.4, -0.2) is 25.8 Å². The van der Waals surface area contributed by atoms with Gasteiger partial charge in [0.15, 0.2) is 0 Å². The molecule has 1 amide bonds. The Hall–Kier alpha value is -1.26. The van der Waals surface area contributed by atoms with E-state index in [2.05, 4.69) is 0 Å². The zero-order chi connectivity index (χ0) is 13.1. The minimum Gasteiger partial charge on any atom is -0.449 e. The number of nitrogens with zero attached hydrogens (tertiary/aromatic N) is 1. The van der Waals surface area contributed by atoms with Crippen molar-refractivity contribution >= 4 is 23.4 Å². The molecule has 5 heteroatoms. The molecule has 1 aromatic rings. The molecule has 2 N–H and O–H groups in total. The van der Waals surface area contributed by atoms with E-state index in [9.17, 15) is 4.79 Å². The van der Waals surface area contributed by atoms with Crippen molar-refractivity contribution in [3.63, 3.8) is 0 Å². The van der Waals surface area contributed by atoms with Crippen molar-refractivity contribution in [3.8, 4) is 0 Å². The summed E-state index contributed by atoms with van der Waals surface area (Å²) >= 11 is 6.08. The van der Waals surface area contributed by atoms with Gasteiger partial charge in [-0.1, -0.05) is 17.7 Å². The van der Waals surface area contributed by atoms with Crippen LogP contribution in [0, 0.1) is 12.8 Å². The number of hydrogen-bond donors (Lipinski definition) is 1. The Morgan fingerprint density at radius 3 is 3.06 bits per heavy atom. The molecular weight excluding hydrogens is 252 g/mol. The Labute approximate surface area is 112 Å². The first kappa shape index (κ1) is 13.2. The van der Waals surface area contributed by atoms with E-state index in [1.807, 2.05) is 25.1 Å². The van der Waals surface area contributed by atoms with E-state index >= 15 is 0 Å². The summed E-state index contributed by atoms with van der Waals surface area (Å²) in [6.07, 6.45) is 0.539. The number of cyclic esters (lactones) is 1. The first-order chi connectivity index (χ1) is 8.63. The molecule has 0 spiro atoms. The van der Waals surface area contributed by atoms with Crippen LogP contribution in [0.5, 0.6) is 0 Å². The standard InChI is InChI=1S/C13H17ClN2O2/c1-9-11(14)3-2-4-12(9)16-7-10(5-6-15)8-18-13(16)17/h2-4,10H,5-8,15H2,1H3. The number of anilines is 1. The van der Waals surface area contributed by atoms with Crippen LogP contribution in [0.1, 0.15) is 12.0 Å². The quantitative estimate of drug-likeness (QED) is 0.917.